The van der Waals surface area contributed by atoms with E-state index >= 15 is 0 Å². The van der Waals surface area contributed by atoms with E-state index in [0.29, 0.717) is 0 Å². The topological polar surface area (TPSA) is 3.24 Å². The molecule has 2 atom stereocenters. The molecule has 14 heavy (non-hydrogen) atoms. The first-order valence-electron chi connectivity index (χ1n) is 5.95. The Morgan fingerprint density at radius 1 is 1.29 bits per heavy atom. The first kappa shape index (κ1) is 12.5. The quantitative estimate of drug-likeness (QED) is 0.699. The normalized spacial score (nSPS) is 28.7. The first-order chi connectivity index (χ1) is 6.61. The zero-order valence-electron chi connectivity index (χ0n) is 9.80. The van der Waals surface area contributed by atoms with Crippen LogP contribution in [-0.2, 0) is 0 Å². The summed E-state index contributed by atoms with van der Waals surface area (Å²) in [7, 11) is 2.28. The summed E-state index contributed by atoms with van der Waals surface area (Å²) >= 11 is 3.82. The van der Waals surface area contributed by atoms with Gasteiger partial charge in [-0.2, -0.15) is 0 Å². The van der Waals surface area contributed by atoms with Crippen molar-refractivity contribution in [1.29, 1.82) is 0 Å². The lowest BCUT2D eigenvalue weighted by Crippen LogP contribution is -2.41. The van der Waals surface area contributed by atoms with Crippen LogP contribution < -0.4 is 0 Å². The fourth-order valence-electron chi connectivity index (χ4n) is 2.19. The van der Waals surface area contributed by atoms with Crippen molar-refractivity contribution in [2.45, 2.75) is 56.8 Å². The van der Waals surface area contributed by atoms with Crippen molar-refractivity contribution < 1.29 is 0 Å². The van der Waals surface area contributed by atoms with E-state index in [1.54, 1.807) is 0 Å². The maximum atomic E-state index is 3.82. The van der Waals surface area contributed by atoms with Crippen LogP contribution in [0.1, 0.15) is 46.0 Å². The maximum absolute atomic E-state index is 3.82. The Kier molecular flexibility index (Phi) is 5.47. The lowest BCUT2D eigenvalue weighted by molar-refractivity contribution is 0.191. The largest absolute Gasteiger partial charge is 0.302 e. The Hall–Kier alpha value is 0.440. The van der Waals surface area contributed by atoms with Crippen LogP contribution in [0.4, 0.5) is 0 Å². The van der Waals surface area contributed by atoms with Crippen LogP contribution in [0.2, 0.25) is 0 Å². The predicted molar refractivity (Wildman–Crippen MR) is 67.1 cm³/mol. The van der Waals surface area contributed by atoms with Crippen LogP contribution in [0, 0.1) is 5.92 Å². The average molecular weight is 262 g/mol. The van der Waals surface area contributed by atoms with Gasteiger partial charge in [0.1, 0.15) is 0 Å². The van der Waals surface area contributed by atoms with E-state index in [0.717, 1.165) is 16.8 Å². The van der Waals surface area contributed by atoms with Gasteiger partial charge in [-0.1, -0.05) is 42.6 Å². The van der Waals surface area contributed by atoms with E-state index in [4.69, 9.17) is 0 Å². The summed E-state index contributed by atoms with van der Waals surface area (Å²) in [5, 5.41) is 0. The van der Waals surface area contributed by atoms with Gasteiger partial charge in [0.2, 0.25) is 0 Å². The molecule has 0 aromatic rings. The molecule has 0 bridgehead atoms. The van der Waals surface area contributed by atoms with Crippen LogP contribution >= 0.6 is 15.9 Å². The second kappa shape index (κ2) is 6.12. The van der Waals surface area contributed by atoms with Gasteiger partial charge in [0, 0.05) is 10.9 Å². The molecule has 2 heteroatoms. The molecule has 1 saturated carbocycles. The van der Waals surface area contributed by atoms with E-state index in [2.05, 4.69) is 41.7 Å². The molecule has 0 saturated heterocycles. The first-order valence-corrected chi connectivity index (χ1v) is 6.87. The second-order valence-electron chi connectivity index (χ2n) is 5.03. The van der Waals surface area contributed by atoms with Gasteiger partial charge in [-0.25, -0.2) is 0 Å². The van der Waals surface area contributed by atoms with Crippen molar-refractivity contribution >= 4 is 15.9 Å². The van der Waals surface area contributed by atoms with Gasteiger partial charge in [0.15, 0.2) is 0 Å². The summed E-state index contributed by atoms with van der Waals surface area (Å²) in [6, 6.07) is 0.780. The van der Waals surface area contributed by atoms with Crippen molar-refractivity contribution in [3.63, 3.8) is 0 Å². The molecular weight excluding hydrogens is 238 g/mol. The molecule has 0 spiro atoms. The molecule has 0 amide bonds. The molecule has 84 valence electrons. The second-order valence-corrected chi connectivity index (χ2v) is 6.21. The van der Waals surface area contributed by atoms with E-state index in [1.165, 1.54) is 38.6 Å². The van der Waals surface area contributed by atoms with Crippen molar-refractivity contribution in [3.8, 4) is 0 Å². The summed E-state index contributed by atoms with van der Waals surface area (Å²) in [6.07, 6.45) is 6.89. The van der Waals surface area contributed by atoms with Gasteiger partial charge in [0.25, 0.3) is 0 Å². The highest BCUT2D eigenvalue weighted by Gasteiger charge is 2.25. The Labute approximate surface area is 97.4 Å². The standard InChI is InChI=1S/C12H24BrN/c1-10(2)8-9-14(3)12-7-5-4-6-11(12)13/h10-12H,4-9H2,1-3H3. The summed E-state index contributed by atoms with van der Waals surface area (Å²) in [4.78, 5) is 3.28. The molecule has 1 aliphatic carbocycles. The van der Waals surface area contributed by atoms with Crippen molar-refractivity contribution in [3.05, 3.63) is 0 Å². The Morgan fingerprint density at radius 3 is 2.50 bits per heavy atom. The monoisotopic (exact) mass is 261 g/mol. The molecule has 0 aromatic carbocycles. The molecule has 1 fully saturated rings. The zero-order valence-corrected chi connectivity index (χ0v) is 11.4. The van der Waals surface area contributed by atoms with Crippen LogP contribution in [0.15, 0.2) is 0 Å². The highest BCUT2D eigenvalue weighted by molar-refractivity contribution is 9.09. The SMILES string of the molecule is CC(C)CCN(C)C1CCCCC1Br. The van der Waals surface area contributed by atoms with Gasteiger partial charge < -0.3 is 4.90 Å². The minimum atomic E-state index is 0.730. The van der Waals surface area contributed by atoms with E-state index in [1.807, 2.05) is 0 Å². The number of nitrogens with zero attached hydrogens (tertiary/aromatic N) is 1. The third-order valence-electron chi connectivity index (χ3n) is 3.27. The molecule has 1 aliphatic rings. The van der Waals surface area contributed by atoms with Crippen LogP contribution in [0.25, 0.3) is 0 Å². The summed E-state index contributed by atoms with van der Waals surface area (Å²) in [5.41, 5.74) is 0. The van der Waals surface area contributed by atoms with Gasteiger partial charge in [0.05, 0.1) is 0 Å². The smallest absolute Gasteiger partial charge is 0.0301 e. The fraction of sp³-hybridized carbons (Fsp3) is 1.00. The molecular formula is C12H24BrN. The molecule has 0 N–H and O–H groups in total. The lowest BCUT2D eigenvalue weighted by Gasteiger charge is -2.35. The summed E-state index contributed by atoms with van der Waals surface area (Å²) < 4.78 is 0. The van der Waals surface area contributed by atoms with Crippen molar-refractivity contribution in [2.24, 2.45) is 5.92 Å². The van der Waals surface area contributed by atoms with E-state index in [9.17, 15) is 0 Å². The van der Waals surface area contributed by atoms with Crippen molar-refractivity contribution in [1.82, 2.24) is 4.90 Å². The number of alkyl halides is 1. The third kappa shape index (κ3) is 3.90. The minimum Gasteiger partial charge on any atom is -0.302 e. The van der Waals surface area contributed by atoms with Crippen LogP contribution in [-0.4, -0.2) is 29.4 Å². The molecule has 1 nitrogen and oxygen atoms in total. The summed E-state index contributed by atoms with van der Waals surface area (Å²) in [6.45, 7) is 5.87. The summed E-state index contributed by atoms with van der Waals surface area (Å²) in [5.74, 6) is 0.829. The minimum absolute atomic E-state index is 0.730. The third-order valence-corrected chi connectivity index (χ3v) is 4.34. The zero-order chi connectivity index (χ0) is 10.6. The van der Waals surface area contributed by atoms with Gasteiger partial charge in [-0.3, -0.25) is 0 Å². The predicted octanol–water partition coefficient (Wildman–Crippen LogP) is 3.67. The van der Waals surface area contributed by atoms with Crippen molar-refractivity contribution in [2.75, 3.05) is 13.6 Å². The number of halogens is 1. The number of hydrogen-bond donors (Lipinski definition) is 0. The molecule has 0 radical (unpaired) electrons. The number of rotatable bonds is 4. The molecule has 0 aliphatic heterocycles. The Balaban J connectivity index is 2.30. The number of hydrogen-bond acceptors (Lipinski definition) is 1. The Morgan fingerprint density at radius 2 is 1.93 bits per heavy atom. The lowest BCUT2D eigenvalue weighted by atomic mass is 9.94. The fourth-order valence-corrected chi connectivity index (χ4v) is 3.18. The average Bonchev–Trinajstić information content (AvgIpc) is 2.15. The van der Waals surface area contributed by atoms with E-state index in [-0.39, 0.29) is 0 Å². The highest BCUT2D eigenvalue weighted by atomic mass is 79.9. The van der Waals surface area contributed by atoms with Crippen LogP contribution in [0.3, 0.4) is 0 Å². The maximum Gasteiger partial charge on any atom is 0.0301 e. The van der Waals surface area contributed by atoms with E-state index < -0.39 is 0 Å². The Bertz CT molecular complexity index is 158. The molecule has 2 unspecified atom stereocenters. The molecule has 0 aromatic heterocycles. The van der Waals surface area contributed by atoms with Gasteiger partial charge in [-0.15, -0.1) is 0 Å². The molecule has 1 rings (SSSR count). The van der Waals surface area contributed by atoms with Gasteiger partial charge in [-0.05, 0) is 38.8 Å². The highest BCUT2D eigenvalue weighted by Crippen LogP contribution is 2.28. The molecule has 0 heterocycles. The van der Waals surface area contributed by atoms with Gasteiger partial charge >= 0.3 is 0 Å². The van der Waals surface area contributed by atoms with Crippen LogP contribution in [0.5, 0.6) is 0 Å².